The molecule has 3 N–H and O–H groups in total. The van der Waals surface area contributed by atoms with Crippen molar-refractivity contribution in [2.45, 2.75) is 0 Å². The molecule has 2 rings (SSSR count). The molecule has 0 bridgehead atoms. The number of nitrogens with one attached hydrogen (secondary N) is 1. The standard InChI is InChI=1S/C12H19N3O/c13-11-2-1-3-12(10-11)16-9-8-15-6-4-14-5-7-15/h1-3,10,14H,4-9,13H2. The van der Waals surface area contributed by atoms with Gasteiger partial charge in [0.05, 0.1) is 0 Å². The van der Waals surface area contributed by atoms with Crippen LogP contribution in [0.25, 0.3) is 0 Å². The Labute approximate surface area is 96.4 Å². The van der Waals surface area contributed by atoms with Crippen LogP contribution in [0.15, 0.2) is 24.3 Å². The molecule has 1 saturated heterocycles. The van der Waals surface area contributed by atoms with Crippen LogP contribution < -0.4 is 15.8 Å². The summed E-state index contributed by atoms with van der Waals surface area (Å²) in [6.07, 6.45) is 0. The molecule has 1 heterocycles. The lowest BCUT2D eigenvalue weighted by molar-refractivity contribution is 0.191. The zero-order valence-corrected chi connectivity index (χ0v) is 9.48. The predicted molar refractivity (Wildman–Crippen MR) is 65.7 cm³/mol. The Morgan fingerprint density at radius 3 is 2.88 bits per heavy atom. The maximum Gasteiger partial charge on any atom is 0.121 e. The molecule has 0 unspecified atom stereocenters. The van der Waals surface area contributed by atoms with E-state index in [9.17, 15) is 0 Å². The topological polar surface area (TPSA) is 50.5 Å². The number of hydrogen-bond acceptors (Lipinski definition) is 4. The van der Waals surface area contributed by atoms with Crippen LogP contribution in [0.5, 0.6) is 5.75 Å². The molecule has 0 amide bonds. The van der Waals surface area contributed by atoms with Gasteiger partial charge in [0.15, 0.2) is 0 Å². The lowest BCUT2D eigenvalue weighted by atomic mass is 10.3. The smallest absolute Gasteiger partial charge is 0.121 e. The van der Waals surface area contributed by atoms with Crippen LogP contribution in [-0.4, -0.2) is 44.2 Å². The molecule has 0 spiro atoms. The van der Waals surface area contributed by atoms with Crippen molar-refractivity contribution in [2.75, 3.05) is 45.1 Å². The van der Waals surface area contributed by atoms with Crippen LogP contribution >= 0.6 is 0 Å². The SMILES string of the molecule is Nc1cccc(OCCN2CCNCC2)c1. The summed E-state index contributed by atoms with van der Waals surface area (Å²) >= 11 is 0. The molecule has 1 aromatic rings. The summed E-state index contributed by atoms with van der Waals surface area (Å²) < 4.78 is 5.65. The van der Waals surface area contributed by atoms with Gasteiger partial charge in [-0.2, -0.15) is 0 Å². The van der Waals surface area contributed by atoms with Crippen molar-refractivity contribution < 1.29 is 4.74 Å². The lowest BCUT2D eigenvalue weighted by Crippen LogP contribution is -2.44. The number of nitrogen functional groups attached to an aromatic ring is 1. The van der Waals surface area contributed by atoms with Gasteiger partial charge in [0, 0.05) is 44.5 Å². The first-order valence-electron chi connectivity index (χ1n) is 5.76. The molecule has 0 aliphatic carbocycles. The fourth-order valence-corrected chi connectivity index (χ4v) is 1.83. The summed E-state index contributed by atoms with van der Waals surface area (Å²) in [6.45, 7) is 6.09. The summed E-state index contributed by atoms with van der Waals surface area (Å²) in [4.78, 5) is 2.41. The van der Waals surface area contributed by atoms with E-state index < -0.39 is 0 Å². The average Bonchev–Trinajstić information content (AvgIpc) is 2.30. The predicted octanol–water partition coefficient (Wildman–Crippen LogP) is 0.553. The summed E-state index contributed by atoms with van der Waals surface area (Å²) in [5, 5.41) is 3.33. The van der Waals surface area contributed by atoms with Crippen LogP contribution in [0.2, 0.25) is 0 Å². The first-order valence-corrected chi connectivity index (χ1v) is 5.76. The Hall–Kier alpha value is -1.26. The third kappa shape index (κ3) is 3.40. The molecule has 0 radical (unpaired) electrons. The number of rotatable bonds is 4. The first-order chi connectivity index (χ1) is 7.84. The molecule has 1 aliphatic heterocycles. The summed E-state index contributed by atoms with van der Waals surface area (Å²) in [7, 11) is 0. The highest BCUT2D eigenvalue weighted by Crippen LogP contribution is 2.14. The normalized spacial score (nSPS) is 17.2. The van der Waals surface area contributed by atoms with Gasteiger partial charge in [0.25, 0.3) is 0 Å². The fraction of sp³-hybridized carbons (Fsp3) is 0.500. The highest BCUT2D eigenvalue weighted by Gasteiger charge is 2.08. The van der Waals surface area contributed by atoms with Crippen molar-refractivity contribution >= 4 is 5.69 Å². The highest BCUT2D eigenvalue weighted by atomic mass is 16.5. The number of nitrogens with two attached hydrogens (primary N) is 1. The number of anilines is 1. The van der Waals surface area contributed by atoms with Gasteiger partial charge in [-0.25, -0.2) is 0 Å². The molecule has 1 fully saturated rings. The van der Waals surface area contributed by atoms with Crippen molar-refractivity contribution in [1.29, 1.82) is 0 Å². The van der Waals surface area contributed by atoms with Crippen LogP contribution in [-0.2, 0) is 0 Å². The van der Waals surface area contributed by atoms with Crippen molar-refractivity contribution in [2.24, 2.45) is 0 Å². The average molecular weight is 221 g/mol. The number of nitrogens with zero attached hydrogens (tertiary/aromatic N) is 1. The van der Waals surface area contributed by atoms with E-state index in [2.05, 4.69) is 10.2 Å². The Balaban J connectivity index is 1.71. The molecular formula is C12H19N3O. The van der Waals surface area contributed by atoms with Crippen LogP contribution in [0.3, 0.4) is 0 Å². The molecule has 4 nitrogen and oxygen atoms in total. The van der Waals surface area contributed by atoms with Gasteiger partial charge >= 0.3 is 0 Å². The molecule has 0 saturated carbocycles. The Kier molecular flexibility index (Phi) is 4.02. The molecular weight excluding hydrogens is 202 g/mol. The van der Waals surface area contributed by atoms with E-state index in [-0.39, 0.29) is 0 Å². The van der Waals surface area contributed by atoms with Crippen molar-refractivity contribution in [3.05, 3.63) is 24.3 Å². The molecule has 0 atom stereocenters. The van der Waals surface area contributed by atoms with Crippen molar-refractivity contribution in [3.8, 4) is 5.75 Å². The van der Waals surface area contributed by atoms with E-state index in [1.807, 2.05) is 24.3 Å². The Morgan fingerprint density at radius 1 is 1.31 bits per heavy atom. The van der Waals surface area contributed by atoms with Gasteiger partial charge in [-0.15, -0.1) is 0 Å². The van der Waals surface area contributed by atoms with E-state index in [4.69, 9.17) is 10.5 Å². The first kappa shape index (κ1) is 11.2. The van der Waals surface area contributed by atoms with Gasteiger partial charge in [-0.05, 0) is 12.1 Å². The van der Waals surface area contributed by atoms with Crippen LogP contribution in [0, 0.1) is 0 Å². The fourth-order valence-electron chi connectivity index (χ4n) is 1.83. The van der Waals surface area contributed by atoms with Crippen LogP contribution in [0.1, 0.15) is 0 Å². The van der Waals surface area contributed by atoms with Crippen molar-refractivity contribution in [1.82, 2.24) is 10.2 Å². The van der Waals surface area contributed by atoms with Gasteiger partial charge in [-0.3, -0.25) is 4.90 Å². The minimum atomic E-state index is 0.726. The second kappa shape index (κ2) is 5.72. The molecule has 16 heavy (non-hydrogen) atoms. The van der Waals surface area contributed by atoms with E-state index >= 15 is 0 Å². The molecule has 1 aromatic carbocycles. The number of benzene rings is 1. The van der Waals surface area contributed by atoms with Crippen LogP contribution in [0.4, 0.5) is 5.69 Å². The third-order valence-electron chi connectivity index (χ3n) is 2.74. The maximum atomic E-state index is 5.67. The van der Waals surface area contributed by atoms with Gasteiger partial charge < -0.3 is 15.8 Å². The third-order valence-corrected chi connectivity index (χ3v) is 2.74. The second-order valence-corrected chi connectivity index (χ2v) is 4.01. The van der Waals surface area contributed by atoms with Gasteiger partial charge in [-0.1, -0.05) is 6.07 Å². The summed E-state index contributed by atoms with van der Waals surface area (Å²) in [5.41, 5.74) is 6.42. The number of ether oxygens (including phenoxy) is 1. The van der Waals surface area contributed by atoms with E-state index in [1.54, 1.807) is 0 Å². The monoisotopic (exact) mass is 221 g/mol. The lowest BCUT2D eigenvalue weighted by Gasteiger charge is -2.26. The highest BCUT2D eigenvalue weighted by molar-refractivity contribution is 5.43. The second-order valence-electron chi connectivity index (χ2n) is 4.01. The minimum Gasteiger partial charge on any atom is -0.492 e. The Bertz CT molecular complexity index is 324. The van der Waals surface area contributed by atoms with E-state index in [0.717, 1.165) is 50.8 Å². The Morgan fingerprint density at radius 2 is 2.12 bits per heavy atom. The number of piperazine rings is 1. The number of hydrogen-bond donors (Lipinski definition) is 2. The summed E-state index contributed by atoms with van der Waals surface area (Å²) in [5.74, 6) is 0.857. The van der Waals surface area contributed by atoms with E-state index in [0.29, 0.717) is 0 Å². The quantitative estimate of drug-likeness (QED) is 0.729. The molecule has 0 aromatic heterocycles. The molecule has 1 aliphatic rings. The minimum absolute atomic E-state index is 0.726. The zero-order valence-electron chi connectivity index (χ0n) is 9.48. The van der Waals surface area contributed by atoms with E-state index in [1.165, 1.54) is 0 Å². The van der Waals surface area contributed by atoms with Crippen molar-refractivity contribution in [3.63, 3.8) is 0 Å². The maximum absolute atomic E-state index is 5.67. The largest absolute Gasteiger partial charge is 0.492 e. The molecule has 4 heteroatoms. The summed E-state index contributed by atoms with van der Waals surface area (Å²) in [6, 6.07) is 7.57. The van der Waals surface area contributed by atoms with Gasteiger partial charge in [0.2, 0.25) is 0 Å². The molecule has 88 valence electrons. The zero-order chi connectivity index (χ0) is 11.2. The van der Waals surface area contributed by atoms with Gasteiger partial charge in [0.1, 0.15) is 12.4 Å².